The zero-order chi connectivity index (χ0) is 10.5. The van der Waals surface area contributed by atoms with Gasteiger partial charge in [-0.3, -0.25) is 5.32 Å². The van der Waals surface area contributed by atoms with E-state index in [1.165, 1.54) is 6.04 Å². The summed E-state index contributed by atoms with van der Waals surface area (Å²) in [6, 6.07) is 1.24. The maximum atomic E-state index is 6.02. The fourth-order valence-electron chi connectivity index (χ4n) is 1.84. The Hall–Kier alpha value is 0.137. The molecule has 0 aromatic rings. The SMILES string of the molecule is CCNC(C)O[Si](C)(C)CC(C)C. The molecular weight excluding hydrogens is 178 g/mol. The van der Waals surface area contributed by atoms with E-state index in [9.17, 15) is 0 Å². The third-order valence-electron chi connectivity index (χ3n) is 1.89. The monoisotopic (exact) mass is 203 g/mol. The Labute approximate surface area is 84.2 Å². The number of hydrogen-bond donors (Lipinski definition) is 1. The maximum absolute atomic E-state index is 6.02. The van der Waals surface area contributed by atoms with Crippen molar-refractivity contribution in [2.75, 3.05) is 6.54 Å². The van der Waals surface area contributed by atoms with E-state index in [-0.39, 0.29) is 6.23 Å². The van der Waals surface area contributed by atoms with Crippen LogP contribution < -0.4 is 5.32 Å². The smallest absolute Gasteiger partial charge is 0.189 e. The summed E-state index contributed by atoms with van der Waals surface area (Å²) in [6.07, 6.45) is 0.213. The molecule has 0 aliphatic carbocycles. The van der Waals surface area contributed by atoms with Gasteiger partial charge in [-0.15, -0.1) is 0 Å². The second-order valence-corrected chi connectivity index (χ2v) is 8.84. The van der Waals surface area contributed by atoms with Gasteiger partial charge in [0.25, 0.3) is 0 Å². The quantitative estimate of drug-likeness (QED) is 0.529. The van der Waals surface area contributed by atoms with Gasteiger partial charge >= 0.3 is 0 Å². The van der Waals surface area contributed by atoms with Crippen LogP contribution in [0.3, 0.4) is 0 Å². The maximum Gasteiger partial charge on any atom is 0.189 e. The molecule has 0 bridgehead atoms. The van der Waals surface area contributed by atoms with Gasteiger partial charge in [0.1, 0.15) is 0 Å². The van der Waals surface area contributed by atoms with E-state index >= 15 is 0 Å². The van der Waals surface area contributed by atoms with Crippen molar-refractivity contribution in [3.05, 3.63) is 0 Å². The first-order valence-corrected chi connectivity index (χ1v) is 8.40. The Morgan fingerprint density at radius 2 is 1.77 bits per heavy atom. The summed E-state index contributed by atoms with van der Waals surface area (Å²) in [5.74, 6) is 0.746. The fraction of sp³-hybridized carbons (Fsp3) is 1.00. The lowest BCUT2D eigenvalue weighted by molar-refractivity contribution is 0.174. The van der Waals surface area contributed by atoms with E-state index in [0.717, 1.165) is 12.5 Å². The van der Waals surface area contributed by atoms with E-state index in [4.69, 9.17) is 4.43 Å². The van der Waals surface area contributed by atoms with Crippen molar-refractivity contribution >= 4 is 8.32 Å². The Kier molecular flexibility index (Phi) is 5.84. The van der Waals surface area contributed by atoms with E-state index in [1.807, 2.05) is 0 Å². The Morgan fingerprint density at radius 3 is 2.15 bits per heavy atom. The zero-order valence-corrected chi connectivity index (χ0v) is 11.0. The fourth-order valence-corrected chi connectivity index (χ4v) is 4.94. The molecule has 3 heteroatoms. The van der Waals surface area contributed by atoms with Gasteiger partial charge in [0, 0.05) is 0 Å². The molecule has 0 aromatic heterocycles. The van der Waals surface area contributed by atoms with Crippen LogP contribution in [0.4, 0.5) is 0 Å². The molecule has 80 valence electrons. The van der Waals surface area contributed by atoms with E-state index in [2.05, 4.69) is 46.1 Å². The lowest BCUT2D eigenvalue weighted by Gasteiger charge is -2.29. The van der Waals surface area contributed by atoms with Crippen molar-refractivity contribution in [1.82, 2.24) is 5.32 Å². The summed E-state index contributed by atoms with van der Waals surface area (Å²) in [5.41, 5.74) is 0. The van der Waals surface area contributed by atoms with E-state index in [0.29, 0.717) is 0 Å². The summed E-state index contributed by atoms with van der Waals surface area (Å²) in [6.45, 7) is 14.3. The lowest BCUT2D eigenvalue weighted by Crippen LogP contribution is -2.41. The second-order valence-electron chi connectivity index (χ2n) is 4.68. The third kappa shape index (κ3) is 7.23. The summed E-state index contributed by atoms with van der Waals surface area (Å²) in [5, 5.41) is 3.29. The Bertz CT molecular complexity index is 137. The molecule has 0 aliphatic rings. The van der Waals surface area contributed by atoms with Crippen molar-refractivity contribution in [2.45, 2.75) is 53.1 Å². The van der Waals surface area contributed by atoms with Gasteiger partial charge in [0.05, 0.1) is 6.23 Å². The molecule has 1 unspecified atom stereocenters. The van der Waals surface area contributed by atoms with Gasteiger partial charge in [0.15, 0.2) is 8.32 Å². The lowest BCUT2D eigenvalue weighted by atomic mass is 10.3. The second kappa shape index (κ2) is 5.78. The summed E-state index contributed by atoms with van der Waals surface area (Å²) in [7, 11) is -1.43. The average molecular weight is 203 g/mol. The predicted octanol–water partition coefficient (Wildman–Crippen LogP) is 2.82. The topological polar surface area (TPSA) is 21.3 Å². The van der Waals surface area contributed by atoms with Crippen LogP contribution in [0.2, 0.25) is 19.1 Å². The number of rotatable bonds is 6. The minimum atomic E-state index is -1.43. The van der Waals surface area contributed by atoms with Gasteiger partial charge < -0.3 is 4.43 Å². The highest BCUT2D eigenvalue weighted by Crippen LogP contribution is 2.18. The highest BCUT2D eigenvalue weighted by molar-refractivity contribution is 6.71. The van der Waals surface area contributed by atoms with Crippen molar-refractivity contribution in [1.29, 1.82) is 0 Å². The summed E-state index contributed by atoms with van der Waals surface area (Å²) >= 11 is 0. The number of nitrogens with one attached hydrogen (secondary N) is 1. The molecule has 0 fully saturated rings. The largest absolute Gasteiger partial charge is 0.403 e. The molecule has 1 atom stereocenters. The molecule has 13 heavy (non-hydrogen) atoms. The van der Waals surface area contributed by atoms with Gasteiger partial charge in [-0.05, 0) is 38.5 Å². The molecule has 0 heterocycles. The van der Waals surface area contributed by atoms with Gasteiger partial charge in [-0.1, -0.05) is 20.8 Å². The van der Waals surface area contributed by atoms with E-state index in [1.54, 1.807) is 0 Å². The molecule has 1 N–H and O–H groups in total. The number of hydrogen-bond acceptors (Lipinski definition) is 2. The van der Waals surface area contributed by atoms with Crippen molar-refractivity contribution < 1.29 is 4.43 Å². The van der Waals surface area contributed by atoms with Crippen LogP contribution in [-0.4, -0.2) is 21.1 Å². The van der Waals surface area contributed by atoms with Gasteiger partial charge in [0.2, 0.25) is 0 Å². The van der Waals surface area contributed by atoms with Crippen LogP contribution in [0.5, 0.6) is 0 Å². The first-order chi connectivity index (χ1) is 5.87. The minimum absolute atomic E-state index is 0.213. The van der Waals surface area contributed by atoms with Crippen LogP contribution in [0.25, 0.3) is 0 Å². The molecule has 0 spiro atoms. The highest BCUT2D eigenvalue weighted by atomic mass is 28.4. The minimum Gasteiger partial charge on any atom is -0.403 e. The molecule has 0 rings (SSSR count). The zero-order valence-electron chi connectivity index (χ0n) is 9.98. The predicted molar refractivity (Wildman–Crippen MR) is 61.4 cm³/mol. The molecule has 0 amide bonds. The first kappa shape index (κ1) is 13.1. The average Bonchev–Trinajstić information content (AvgIpc) is 1.81. The van der Waals surface area contributed by atoms with Crippen LogP contribution in [-0.2, 0) is 4.43 Å². The first-order valence-electron chi connectivity index (χ1n) is 5.28. The molecule has 0 aliphatic heterocycles. The molecular formula is C10H25NOSi. The molecule has 2 nitrogen and oxygen atoms in total. The van der Waals surface area contributed by atoms with E-state index < -0.39 is 8.32 Å². The molecule has 0 saturated heterocycles. The van der Waals surface area contributed by atoms with Crippen LogP contribution in [0.1, 0.15) is 27.7 Å². The molecule has 0 saturated carbocycles. The Balaban J connectivity index is 3.85. The normalized spacial score (nSPS) is 15.0. The standard InChI is InChI=1S/C10H25NOSi/c1-7-11-10(4)12-13(5,6)8-9(2)3/h9-11H,7-8H2,1-6H3. The highest BCUT2D eigenvalue weighted by Gasteiger charge is 2.25. The van der Waals surface area contributed by atoms with Crippen LogP contribution >= 0.6 is 0 Å². The molecule has 0 aromatic carbocycles. The van der Waals surface area contributed by atoms with Crippen molar-refractivity contribution in [3.8, 4) is 0 Å². The third-order valence-corrected chi connectivity index (χ3v) is 4.68. The Morgan fingerprint density at radius 1 is 1.23 bits per heavy atom. The van der Waals surface area contributed by atoms with Crippen molar-refractivity contribution in [3.63, 3.8) is 0 Å². The summed E-state index contributed by atoms with van der Waals surface area (Å²) < 4.78 is 6.02. The van der Waals surface area contributed by atoms with Crippen LogP contribution in [0, 0.1) is 5.92 Å². The van der Waals surface area contributed by atoms with Gasteiger partial charge in [-0.25, -0.2) is 0 Å². The van der Waals surface area contributed by atoms with Crippen LogP contribution in [0.15, 0.2) is 0 Å². The summed E-state index contributed by atoms with van der Waals surface area (Å²) in [4.78, 5) is 0. The van der Waals surface area contributed by atoms with Gasteiger partial charge in [-0.2, -0.15) is 0 Å². The molecule has 0 radical (unpaired) electrons. The van der Waals surface area contributed by atoms with Crippen molar-refractivity contribution in [2.24, 2.45) is 5.92 Å².